The Kier molecular flexibility index (Phi) is 9.29. The van der Waals surface area contributed by atoms with Crippen LogP contribution < -0.4 is 0 Å². The molecule has 8 nitrogen and oxygen atoms in total. The van der Waals surface area contributed by atoms with Crippen LogP contribution in [0.1, 0.15) is 113 Å². The lowest BCUT2D eigenvalue weighted by molar-refractivity contribution is -0.207. The zero-order valence-electron chi connectivity index (χ0n) is 26.9. The Bertz CT molecular complexity index is 1160. The summed E-state index contributed by atoms with van der Waals surface area (Å²) in [5, 5.41) is 29.1. The van der Waals surface area contributed by atoms with E-state index in [4.69, 9.17) is 9.29 Å². The predicted molar refractivity (Wildman–Crippen MR) is 157 cm³/mol. The number of rotatable bonds is 9. The molecule has 0 aliphatic heterocycles. The molecule has 250 valence electrons. The highest BCUT2D eigenvalue weighted by atomic mass is 32.2. The second-order valence-electron chi connectivity index (χ2n) is 16.3. The average molecular weight is 637 g/mol. The van der Waals surface area contributed by atoms with Gasteiger partial charge in [-0.05, 0) is 118 Å². The second kappa shape index (κ2) is 11.4. The summed E-state index contributed by atoms with van der Waals surface area (Å²) in [4.78, 5) is 12.9. The average Bonchev–Trinajstić information content (AvgIpc) is 3.21. The summed E-state index contributed by atoms with van der Waals surface area (Å²) in [7, 11) is -5.65. The molecule has 4 aliphatic carbocycles. The van der Waals surface area contributed by atoms with Crippen molar-refractivity contribution in [2.24, 2.45) is 51.8 Å². The minimum absolute atomic E-state index is 0.00834. The van der Waals surface area contributed by atoms with Crippen LogP contribution in [0.25, 0.3) is 0 Å². The van der Waals surface area contributed by atoms with E-state index in [1.165, 1.54) is 13.8 Å². The SMILES string of the molecule is C[C@H](CCC(=O)OC(C)(C)CC(C)(C)C(F)(F)S(=O)(=O)O)[C@H]1CC[C@H]2[C@@H]3[C@H](O)C[C@@H]4C[C@H](O)CC[C@]4(C)[C@H]3C[C@H](O)[C@]12C. The monoisotopic (exact) mass is 636 g/mol. The fraction of sp³-hybridized carbons (Fsp3) is 0.969. The molecule has 4 fully saturated rings. The fourth-order valence-electron chi connectivity index (χ4n) is 10.6. The standard InChI is InChI=1S/C32H54F2O8S/c1-18(8-11-26(38)42-29(4,5)17-28(2,3)32(33,34)43(39,40)41)21-9-10-22-27-23(16-25(37)31(21,22)7)30(6)13-12-20(35)14-19(30)15-24(27)36/h18-25,27,35-37H,8-17H2,1-7H3,(H,39,40,41)/t18-,19+,20-,21-,22+,23+,24-,25+,27+,30+,31-/m1/s1. The molecular formula is C32H54F2O8S. The molecule has 0 aromatic rings. The molecule has 4 N–H and O–H groups in total. The fourth-order valence-corrected chi connectivity index (χ4v) is 11.4. The van der Waals surface area contributed by atoms with E-state index in [0.717, 1.165) is 39.5 Å². The first-order valence-electron chi connectivity index (χ1n) is 16.1. The highest BCUT2D eigenvalue weighted by molar-refractivity contribution is 7.86. The van der Waals surface area contributed by atoms with Crippen LogP contribution in [0.5, 0.6) is 0 Å². The van der Waals surface area contributed by atoms with Gasteiger partial charge in [-0.15, -0.1) is 0 Å². The lowest BCUT2D eigenvalue weighted by Crippen LogP contribution is -2.62. The van der Waals surface area contributed by atoms with Crippen LogP contribution in [0.3, 0.4) is 0 Å². The van der Waals surface area contributed by atoms with Gasteiger partial charge in [-0.3, -0.25) is 9.35 Å². The van der Waals surface area contributed by atoms with Crippen LogP contribution in [0.15, 0.2) is 0 Å². The molecule has 43 heavy (non-hydrogen) atoms. The minimum atomic E-state index is -5.65. The Balaban J connectivity index is 1.41. The molecule has 0 spiro atoms. The normalized spacial score (nSPS) is 41.1. The highest BCUT2D eigenvalue weighted by Gasteiger charge is 2.66. The van der Waals surface area contributed by atoms with E-state index < -0.39 is 56.4 Å². The number of esters is 1. The molecule has 0 radical (unpaired) electrons. The third-order valence-corrected chi connectivity index (χ3v) is 13.9. The third-order valence-electron chi connectivity index (χ3n) is 12.7. The number of carbonyl (C=O) groups is 1. The number of ether oxygens (including phenoxy) is 1. The summed E-state index contributed by atoms with van der Waals surface area (Å²) < 4.78 is 66.1. The van der Waals surface area contributed by atoms with Gasteiger partial charge in [-0.1, -0.05) is 34.6 Å². The zero-order chi connectivity index (χ0) is 32.6. The molecule has 4 aliphatic rings. The summed E-state index contributed by atoms with van der Waals surface area (Å²) >= 11 is 0. The van der Waals surface area contributed by atoms with Crippen molar-refractivity contribution >= 4 is 16.1 Å². The number of carbonyl (C=O) groups excluding carboxylic acids is 1. The van der Waals surface area contributed by atoms with Crippen LogP contribution in [0.2, 0.25) is 0 Å². The van der Waals surface area contributed by atoms with Crippen LogP contribution in [0.4, 0.5) is 8.78 Å². The number of aliphatic hydroxyl groups excluding tert-OH is 3. The van der Waals surface area contributed by atoms with Gasteiger partial charge in [-0.25, -0.2) is 0 Å². The van der Waals surface area contributed by atoms with Gasteiger partial charge in [0, 0.05) is 11.8 Å². The van der Waals surface area contributed by atoms with Crippen LogP contribution >= 0.6 is 0 Å². The Morgan fingerprint density at radius 1 is 1.00 bits per heavy atom. The molecule has 0 bridgehead atoms. The summed E-state index contributed by atoms with van der Waals surface area (Å²) in [6, 6.07) is 0. The van der Waals surface area contributed by atoms with E-state index in [-0.39, 0.29) is 53.4 Å². The Hall–Kier alpha value is -0.880. The van der Waals surface area contributed by atoms with Crippen molar-refractivity contribution < 1.29 is 46.6 Å². The smallest absolute Gasteiger partial charge is 0.375 e. The van der Waals surface area contributed by atoms with E-state index in [0.29, 0.717) is 25.7 Å². The highest BCUT2D eigenvalue weighted by Crippen LogP contribution is 2.68. The van der Waals surface area contributed by atoms with E-state index in [1.807, 2.05) is 0 Å². The van der Waals surface area contributed by atoms with Crippen molar-refractivity contribution in [3.8, 4) is 0 Å². The molecule has 0 aromatic heterocycles. The lowest BCUT2D eigenvalue weighted by atomic mass is 9.43. The van der Waals surface area contributed by atoms with Crippen molar-refractivity contribution in [3.05, 3.63) is 0 Å². The summed E-state index contributed by atoms with van der Waals surface area (Å²) in [6.45, 7) is 11.4. The molecule has 0 aromatic carbocycles. The Morgan fingerprint density at radius 3 is 2.23 bits per heavy atom. The third kappa shape index (κ3) is 6.03. The molecule has 0 saturated heterocycles. The van der Waals surface area contributed by atoms with Gasteiger partial charge in [0.05, 0.1) is 18.3 Å². The van der Waals surface area contributed by atoms with E-state index >= 15 is 0 Å². The van der Waals surface area contributed by atoms with Crippen molar-refractivity contribution in [3.63, 3.8) is 0 Å². The van der Waals surface area contributed by atoms with Crippen LogP contribution in [-0.4, -0.2) is 63.4 Å². The second-order valence-corrected chi connectivity index (χ2v) is 17.8. The van der Waals surface area contributed by atoms with Crippen molar-refractivity contribution in [2.75, 3.05) is 0 Å². The summed E-state index contributed by atoms with van der Waals surface area (Å²) in [6.07, 6.45) is 4.18. The number of hydrogen-bond donors (Lipinski definition) is 4. The molecule has 0 amide bonds. The molecular weight excluding hydrogens is 582 g/mol. The van der Waals surface area contributed by atoms with Gasteiger partial charge in [-0.2, -0.15) is 17.2 Å². The van der Waals surface area contributed by atoms with Crippen molar-refractivity contribution in [1.82, 2.24) is 0 Å². The summed E-state index contributed by atoms with van der Waals surface area (Å²) in [5.74, 6) is 0.320. The number of alkyl halides is 2. The van der Waals surface area contributed by atoms with Gasteiger partial charge < -0.3 is 20.1 Å². The number of halogens is 2. The maximum absolute atomic E-state index is 14.4. The first-order valence-corrected chi connectivity index (χ1v) is 17.5. The van der Waals surface area contributed by atoms with Crippen LogP contribution in [0, 0.1) is 51.8 Å². The van der Waals surface area contributed by atoms with Gasteiger partial charge in [0.1, 0.15) is 5.60 Å². The topological polar surface area (TPSA) is 141 Å². The first kappa shape index (κ1) is 35.0. The van der Waals surface area contributed by atoms with Gasteiger partial charge >= 0.3 is 21.3 Å². The number of fused-ring (bicyclic) bond motifs is 5. The molecule has 4 rings (SSSR count). The molecule has 11 heteroatoms. The van der Waals surface area contributed by atoms with E-state index in [1.54, 1.807) is 0 Å². The van der Waals surface area contributed by atoms with Gasteiger partial charge in [0.25, 0.3) is 0 Å². The van der Waals surface area contributed by atoms with Gasteiger partial charge in [0.2, 0.25) is 0 Å². The maximum atomic E-state index is 14.4. The number of hydrogen-bond acceptors (Lipinski definition) is 7. The molecule has 0 heterocycles. The first-order chi connectivity index (χ1) is 19.5. The largest absolute Gasteiger partial charge is 0.460 e. The Labute approximate surface area is 256 Å². The quantitative estimate of drug-likeness (QED) is 0.190. The molecule has 0 unspecified atom stereocenters. The maximum Gasteiger partial charge on any atom is 0.375 e. The zero-order valence-corrected chi connectivity index (χ0v) is 27.7. The molecule has 4 saturated carbocycles. The minimum Gasteiger partial charge on any atom is -0.460 e. The molecule has 11 atom stereocenters. The Morgan fingerprint density at radius 2 is 1.63 bits per heavy atom. The van der Waals surface area contributed by atoms with Crippen molar-refractivity contribution in [1.29, 1.82) is 0 Å². The van der Waals surface area contributed by atoms with E-state index in [2.05, 4.69) is 20.8 Å². The summed E-state index contributed by atoms with van der Waals surface area (Å²) in [5.41, 5.74) is -4.02. The number of aliphatic hydroxyl groups is 3. The predicted octanol–water partition coefficient (Wildman–Crippen LogP) is 5.58. The lowest BCUT2D eigenvalue weighted by Gasteiger charge is -2.63. The van der Waals surface area contributed by atoms with Crippen molar-refractivity contribution in [2.45, 2.75) is 142 Å². The van der Waals surface area contributed by atoms with E-state index in [9.17, 15) is 37.3 Å². The van der Waals surface area contributed by atoms with Crippen LogP contribution in [-0.2, 0) is 19.6 Å². The van der Waals surface area contributed by atoms with Gasteiger partial charge in [0.15, 0.2) is 0 Å².